The Morgan fingerprint density at radius 3 is 2.27 bits per heavy atom. The van der Waals surface area contributed by atoms with Crippen molar-refractivity contribution < 1.29 is 24.0 Å². The molecule has 3 aliphatic rings. The normalized spacial score (nSPS) is 34.0. The molecule has 3 heterocycles. The van der Waals surface area contributed by atoms with Crippen molar-refractivity contribution in [2.45, 2.75) is 61.6 Å². The molecule has 5 atom stereocenters. The third-order valence-electron chi connectivity index (χ3n) is 6.31. The molecular formula is C19H22N4O6S. The smallest absolute Gasteiger partial charge is 0.332 e. The number of amides is 2. The average molecular weight is 434 g/mol. The molecule has 1 aromatic rings. The molecule has 4 rings (SSSR count). The maximum Gasteiger partial charge on any atom is 0.332 e. The standard InChI is InChI=1S/C19H22N4O6S/c1-18(2)13(17(26)27)21-14(24)12(16(21)30(18)29)22-15(25)11(10-8-6-5-7-9-10)23(20-28)19(22,3)4/h5-9,11-13,16H,1-4H3,(H,26,27)/t11?,12-,13+,16-,30?/m1/s1. The van der Waals surface area contributed by atoms with Crippen molar-refractivity contribution >= 4 is 29.0 Å². The molecule has 2 unspecified atom stereocenters. The molecule has 30 heavy (non-hydrogen) atoms. The van der Waals surface area contributed by atoms with Crippen molar-refractivity contribution in [3.05, 3.63) is 40.8 Å². The van der Waals surface area contributed by atoms with Gasteiger partial charge in [-0.15, -0.1) is 4.91 Å². The van der Waals surface area contributed by atoms with Crippen LogP contribution < -0.4 is 0 Å². The molecule has 0 spiro atoms. The number of carboxylic acids is 1. The highest BCUT2D eigenvalue weighted by Crippen LogP contribution is 2.51. The number of nitroso groups, excluding NO2 is 1. The number of carbonyl (C=O) groups is 3. The fraction of sp³-hybridized carbons (Fsp3) is 0.526. The largest absolute Gasteiger partial charge is 0.614 e. The van der Waals surface area contributed by atoms with E-state index in [1.165, 1.54) is 18.7 Å². The van der Waals surface area contributed by atoms with Gasteiger partial charge in [-0.3, -0.25) is 19.4 Å². The number of rotatable bonds is 4. The van der Waals surface area contributed by atoms with Crippen LogP contribution in [0.3, 0.4) is 0 Å². The summed E-state index contributed by atoms with van der Waals surface area (Å²) in [5.74, 6) is -2.35. The SMILES string of the molecule is CC1(C)N(N=O)C(c2ccccc2)C(=O)N1[C@@H]1C(=O)N2[C@@H]1[S+]([O-])C(C)(C)[C@@H]2C(=O)O. The molecule has 3 fully saturated rings. The Morgan fingerprint density at radius 1 is 1.13 bits per heavy atom. The number of benzene rings is 1. The number of carboxylic acid groups (broad SMARTS) is 1. The molecule has 0 saturated carbocycles. The van der Waals surface area contributed by atoms with Gasteiger partial charge in [-0.2, -0.15) is 0 Å². The summed E-state index contributed by atoms with van der Waals surface area (Å²) in [6.45, 7) is 6.24. The summed E-state index contributed by atoms with van der Waals surface area (Å²) in [6, 6.07) is 5.19. The van der Waals surface area contributed by atoms with Crippen molar-refractivity contribution in [2.75, 3.05) is 0 Å². The van der Waals surface area contributed by atoms with Gasteiger partial charge in [-0.05, 0) is 44.4 Å². The summed E-state index contributed by atoms with van der Waals surface area (Å²) in [7, 11) is 0. The topological polar surface area (TPSA) is 134 Å². The second-order valence-corrected chi connectivity index (χ2v) is 10.8. The van der Waals surface area contributed by atoms with Crippen molar-refractivity contribution in [2.24, 2.45) is 5.29 Å². The summed E-state index contributed by atoms with van der Waals surface area (Å²) in [5.41, 5.74) is -0.737. The summed E-state index contributed by atoms with van der Waals surface area (Å²) in [6.07, 6.45) is 0. The molecule has 160 valence electrons. The van der Waals surface area contributed by atoms with Crippen LogP contribution in [0.1, 0.15) is 39.3 Å². The number of β-lactam (4-membered cyclic amide) rings is 1. The molecule has 0 bridgehead atoms. The van der Waals surface area contributed by atoms with E-state index in [0.29, 0.717) is 5.56 Å². The summed E-state index contributed by atoms with van der Waals surface area (Å²) < 4.78 is 12.0. The Morgan fingerprint density at radius 2 is 1.73 bits per heavy atom. The molecule has 10 nitrogen and oxygen atoms in total. The zero-order valence-corrected chi connectivity index (χ0v) is 17.7. The first-order valence-electron chi connectivity index (χ1n) is 9.44. The highest BCUT2D eigenvalue weighted by Gasteiger charge is 2.76. The number of fused-ring (bicyclic) bond motifs is 1. The summed E-state index contributed by atoms with van der Waals surface area (Å²) >= 11 is -1.73. The van der Waals surface area contributed by atoms with Gasteiger partial charge in [0.1, 0.15) is 5.66 Å². The Kier molecular flexibility index (Phi) is 4.41. The van der Waals surface area contributed by atoms with Gasteiger partial charge < -0.3 is 9.66 Å². The van der Waals surface area contributed by atoms with Gasteiger partial charge in [0.25, 0.3) is 11.8 Å². The van der Waals surface area contributed by atoms with Gasteiger partial charge >= 0.3 is 5.97 Å². The summed E-state index contributed by atoms with van der Waals surface area (Å²) in [5, 5.41) is 12.8. The lowest BCUT2D eigenvalue weighted by Crippen LogP contribution is -2.74. The van der Waals surface area contributed by atoms with E-state index in [0.717, 1.165) is 9.91 Å². The van der Waals surface area contributed by atoms with Gasteiger partial charge in [0.05, 0.1) is 5.29 Å². The minimum absolute atomic E-state index is 0.516. The van der Waals surface area contributed by atoms with Crippen LogP contribution in [0.25, 0.3) is 0 Å². The Balaban J connectivity index is 1.76. The van der Waals surface area contributed by atoms with E-state index in [-0.39, 0.29) is 0 Å². The van der Waals surface area contributed by atoms with Crippen LogP contribution in [0.15, 0.2) is 35.6 Å². The minimum Gasteiger partial charge on any atom is -0.614 e. The first kappa shape index (κ1) is 20.6. The molecule has 3 saturated heterocycles. The predicted molar refractivity (Wildman–Crippen MR) is 106 cm³/mol. The minimum atomic E-state index is -1.73. The maximum absolute atomic E-state index is 13.4. The van der Waals surface area contributed by atoms with Gasteiger partial charge in [0, 0.05) is 0 Å². The third-order valence-corrected chi connectivity index (χ3v) is 8.49. The van der Waals surface area contributed by atoms with Crippen LogP contribution in [0, 0.1) is 4.91 Å². The molecule has 0 radical (unpaired) electrons. The number of aliphatic carboxylic acids is 1. The highest BCUT2D eigenvalue weighted by atomic mass is 32.2. The van der Waals surface area contributed by atoms with Crippen LogP contribution in [0.2, 0.25) is 0 Å². The van der Waals surface area contributed by atoms with E-state index in [9.17, 15) is 28.9 Å². The van der Waals surface area contributed by atoms with Crippen molar-refractivity contribution in [3.8, 4) is 0 Å². The second kappa shape index (κ2) is 6.42. The molecule has 1 aromatic carbocycles. The summed E-state index contributed by atoms with van der Waals surface area (Å²) in [4.78, 5) is 52.3. The maximum atomic E-state index is 13.4. The van der Waals surface area contributed by atoms with E-state index in [1.807, 2.05) is 0 Å². The number of hydrogen-bond acceptors (Lipinski definition) is 6. The van der Waals surface area contributed by atoms with Crippen molar-refractivity contribution in [1.29, 1.82) is 0 Å². The van der Waals surface area contributed by atoms with E-state index < -0.39 is 62.9 Å². The molecule has 0 aromatic heterocycles. The lowest BCUT2D eigenvalue weighted by atomic mass is 9.94. The van der Waals surface area contributed by atoms with Crippen LogP contribution in [0.4, 0.5) is 0 Å². The molecule has 11 heteroatoms. The Labute approximate surface area is 175 Å². The average Bonchev–Trinajstić information content (AvgIpc) is 2.99. The van der Waals surface area contributed by atoms with Crippen LogP contribution in [0.5, 0.6) is 0 Å². The third kappa shape index (κ3) is 2.38. The Bertz CT molecular complexity index is 938. The van der Waals surface area contributed by atoms with Gasteiger partial charge in [0.2, 0.25) is 5.37 Å². The van der Waals surface area contributed by atoms with E-state index >= 15 is 0 Å². The number of carbonyl (C=O) groups excluding carboxylic acids is 2. The van der Waals surface area contributed by atoms with Gasteiger partial charge in [-0.25, -0.2) is 9.80 Å². The number of nitrogens with zero attached hydrogens (tertiary/aromatic N) is 4. The zero-order valence-electron chi connectivity index (χ0n) is 16.9. The van der Waals surface area contributed by atoms with Crippen molar-refractivity contribution in [1.82, 2.24) is 14.8 Å². The second-order valence-electron chi connectivity index (χ2n) is 8.66. The zero-order chi connectivity index (χ0) is 22.2. The fourth-order valence-corrected chi connectivity index (χ4v) is 6.81. The molecule has 3 aliphatic heterocycles. The van der Waals surface area contributed by atoms with Crippen LogP contribution in [-0.2, 0) is 25.6 Å². The van der Waals surface area contributed by atoms with Crippen LogP contribution in [-0.4, -0.2) is 70.1 Å². The van der Waals surface area contributed by atoms with E-state index in [1.54, 1.807) is 44.2 Å². The monoisotopic (exact) mass is 434 g/mol. The molecule has 1 N–H and O–H groups in total. The first-order chi connectivity index (χ1) is 14.0. The van der Waals surface area contributed by atoms with Crippen LogP contribution >= 0.6 is 0 Å². The molecule has 2 amide bonds. The lowest BCUT2D eigenvalue weighted by molar-refractivity contribution is -0.172. The van der Waals surface area contributed by atoms with Crippen molar-refractivity contribution in [3.63, 3.8) is 0 Å². The van der Waals surface area contributed by atoms with Gasteiger partial charge in [0.15, 0.2) is 22.9 Å². The first-order valence-corrected chi connectivity index (χ1v) is 10.7. The fourth-order valence-electron chi connectivity index (χ4n) is 4.85. The molecule has 0 aliphatic carbocycles. The molecular weight excluding hydrogens is 412 g/mol. The lowest BCUT2D eigenvalue weighted by Gasteiger charge is -2.48. The predicted octanol–water partition coefficient (Wildman–Crippen LogP) is 0.820. The number of hydrogen-bond donors (Lipinski definition) is 1. The quantitative estimate of drug-likeness (QED) is 0.421. The van der Waals surface area contributed by atoms with Gasteiger partial charge in [-0.1, -0.05) is 30.3 Å². The van der Waals surface area contributed by atoms with E-state index in [2.05, 4.69) is 5.29 Å². The Hall–Kier alpha value is -2.66. The van der Waals surface area contributed by atoms with E-state index in [4.69, 9.17) is 0 Å². The highest BCUT2D eigenvalue weighted by molar-refractivity contribution is 7.94.